The first kappa shape index (κ1) is 42.5. The van der Waals surface area contributed by atoms with E-state index in [0.29, 0.717) is 0 Å². The van der Waals surface area contributed by atoms with Crippen molar-refractivity contribution in [1.82, 2.24) is 9.97 Å². The summed E-state index contributed by atoms with van der Waals surface area (Å²) in [5.41, 5.74) is 18.1. The Morgan fingerprint density at radius 3 is 1.31 bits per heavy atom. The molecule has 0 N–H and O–H groups in total. The Labute approximate surface area is 395 Å². The number of fused-ring (bicyclic) bond motifs is 1. The normalized spacial score (nSPS) is 10.6. The second-order valence-corrected chi connectivity index (χ2v) is 15.6. The molecule has 0 aliphatic heterocycles. The number of pyridine rings is 2. The minimum Gasteiger partial charge on any atom is -0.305 e. The molecule has 0 aliphatic rings. The van der Waals surface area contributed by atoms with Crippen LogP contribution in [0.2, 0.25) is 0 Å². The summed E-state index contributed by atoms with van der Waals surface area (Å²) in [5, 5.41) is 2.30. The number of aromatic nitrogens is 2. The molecule has 0 unspecified atom stereocenters. The standard InChI is InChI=1S/C51H34N.C11H8N.Ir/c1-4-14-36(15-5-1)44-30-45(37-16-6-2-7-17-37)33-48(32-44)49-34-46(38-18-8-3-9-19-38)31-47(35-49)42-23-12-21-40(28-42)41-22-13-24-43(29-41)51-50-25-11-10-20-39(50)26-27-52-51;1-2-6-10(7-3-1)11-8-4-5-9-12-11;/h1-23,25-35H;1-6,8-9H;/q2*-1;. The van der Waals surface area contributed by atoms with Crippen molar-refractivity contribution in [2.24, 2.45) is 0 Å². The SMILES string of the molecule is [Ir].[c-]1ccc(-c2cccc(-c3cc(-c4ccccc4)cc(-c4cc(-c5ccccc5)cc(-c5ccccc5)c4)c3)c2)cc1-c1nccc2ccccc12.[c-]1ccccc1-c1ccccn1. The van der Waals surface area contributed by atoms with Gasteiger partial charge in [-0.05, 0) is 138 Å². The molecule has 9 aromatic carbocycles. The maximum Gasteiger partial charge on any atom is 0.0167 e. The van der Waals surface area contributed by atoms with Gasteiger partial charge in [0.2, 0.25) is 0 Å². The summed E-state index contributed by atoms with van der Waals surface area (Å²) in [7, 11) is 0. The maximum absolute atomic E-state index is 4.77. The largest absolute Gasteiger partial charge is 0.305 e. The smallest absolute Gasteiger partial charge is 0.0167 e. The summed E-state index contributed by atoms with van der Waals surface area (Å²) in [4.78, 5) is 8.99. The third-order valence-electron chi connectivity index (χ3n) is 11.4. The average molecular weight is 1010 g/mol. The molecule has 0 fully saturated rings. The van der Waals surface area contributed by atoms with E-state index in [0.717, 1.165) is 44.6 Å². The van der Waals surface area contributed by atoms with Crippen molar-refractivity contribution in [2.75, 3.05) is 0 Å². The van der Waals surface area contributed by atoms with E-state index in [2.05, 4.69) is 211 Å². The molecule has 0 saturated carbocycles. The molecule has 65 heavy (non-hydrogen) atoms. The topological polar surface area (TPSA) is 25.8 Å². The first-order valence-corrected chi connectivity index (χ1v) is 21.5. The third kappa shape index (κ3) is 9.89. The summed E-state index contributed by atoms with van der Waals surface area (Å²) >= 11 is 0. The number of nitrogens with zero attached hydrogens (tertiary/aromatic N) is 2. The van der Waals surface area contributed by atoms with Gasteiger partial charge in [0.25, 0.3) is 0 Å². The zero-order valence-electron chi connectivity index (χ0n) is 35.5. The first-order valence-electron chi connectivity index (χ1n) is 21.5. The molecule has 1 radical (unpaired) electrons. The molecule has 11 rings (SSSR count). The van der Waals surface area contributed by atoms with E-state index in [1.54, 1.807) is 6.20 Å². The van der Waals surface area contributed by atoms with E-state index in [-0.39, 0.29) is 20.1 Å². The fourth-order valence-electron chi connectivity index (χ4n) is 8.22. The Balaban J connectivity index is 0.000000355. The van der Waals surface area contributed by atoms with Crippen LogP contribution in [-0.4, -0.2) is 9.97 Å². The van der Waals surface area contributed by atoms with Gasteiger partial charge in [0, 0.05) is 32.5 Å². The molecule has 0 atom stereocenters. The second kappa shape index (κ2) is 20.1. The van der Waals surface area contributed by atoms with Crippen LogP contribution in [0.3, 0.4) is 0 Å². The van der Waals surface area contributed by atoms with Crippen molar-refractivity contribution in [3.63, 3.8) is 0 Å². The van der Waals surface area contributed by atoms with Crippen LogP contribution < -0.4 is 0 Å². The number of hydrogen-bond acceptors (Lipinski definition) is 2. The molecule has 0 bridgehead atoms. The summed E-state index contributed by atoms with van der Waals surface area (Å²) in [5.74, 6) is 0. The van der Waals surface area contributed by atoms with Crippen LogP contribution in [-0.2, 0) is 20.1 Å². The zero-order chi connectivity index (χ0) is 42.9. The van der Waals surface area contributed by atoms with Crippen LogP contribution in [0.15, 0.2) is 255 Å². The summed E-state index contributed by atoms with van der Waals surface area (Å²) in [6.45, 7) is 0. The van der Waals surface area contributed by atoms with Crippen LogP contribution >= 0.6 is 0 Å². The van der Waals surface area contributed by atoms with Gasteiger partial charge in [-0.2, -0.15) is 0 Å². The third-order valence-corrected chi connectivity index (χ3v) is 11.4. The van der Waals surface area contributed by atoms with Gasteiger partial charge in [0.15, 0.2) is 0 Å². The number of rotatable bonds is 8. The molecule has 2 aromatic heterocycles. The van der Waals surface area contributed by atoms with Crippen LogP contribution in [0.5, 0.6) is 0 Å². The van der Waals surface area contributed by atoms with E-state index < -0.39 is 0 Å². The van der Waals surface area contributed by atoms with Crippen LogP contribution in [0.25, 0.3) is 100 Å². The molecule has 0 spiro atoms. The first-order chi connectivity index (χ1) is 31.7. The van der Waals surface area contributed by atoms with Crippen molar-refractivity contribution in [1.29, 1.82) is 0 Å². The van der Waals surface area contributed by atoms with E-state index in [4.69, 9.17) is 4.98 Å². The van der Waals surface area contributed by atoms with Gasteiger partial charge in [0.05, 0.1) is 0 Å². The van der Waals surface area contributed by atoms with Crippen LogP contribution in [0.4, 0.5) is 0 Å². The van der Waals surface area contributed by atoms with Gasteiger partial charge in [-0.15, -0.1) is 71.3 Å². The van der Waals surface area contributed by atoms with Crippen molar-refractivity contribution in [3.05, 3.63) is 267 Å². The Bertz CT molecular complexity index is 3200. The number of hydrogen-bond donors (Lipinski definition) is 0. The molecule has 2 nitrogen and oxygen atoms in total. The Morgan fingerprint density at radius 1 is 0.277 bits per heavy atom. The molecule has 0 saturated heterocycles. The molecule has 0 amide bonds. The van der Waals surface area contributed by atoms with Gasteiger partial charge >= 0.3 is 0 Å². The summed E-state index contributed by atoms with van der Waals surface area (Å²) in [6.07, 6.45) is 3.67. The van der Waals surface area contributed by atoms with Crippen LogP contribution in [0.1, 0.15) is 0 Å². The number of benzene rings is 9. The molecule has 2 heterocycles. The van der Waals surface area contributed by atoms with Gasteiger partial charge in [-0.1, -0.05) is 146 Å². The van der Waals surface area contributed by atoms with E-state index >= 15 is 0 Å². The van der Waals surface area contributed by atoms with Gasteiger partial charge in [0.1, 0.15) is 0 Å². The Kier molecular flexibility index (Phi) is 13.2. The predicted octanol–water partition coefficient (Wildman–Crippen LogP) is 16.3. The summed E-state index contributed by atoms with van der Waals surface area (Å²) in [6, 6.07) is 91.9. The van der Waals surface area contributed by atoms with Gasteiger partial charge in [-0.3, -0.25) is 0 Å². The van der Waals surface area contributed by atoms with E-state index in [1.165, 1.54) is 55.5 Å². The molecule has 11 aromatic rings. The fourth-order valence-corrected chi connectivity index (χ4v) is 8.22. The van der Waals surface area contributed by atoms with Crippen LogP contribution in [0, 0.1) is 12.1 Å². The molecule has 0 aliphatic carbocycles. The van der Waals surface area contributed by atoms with Crippen molar-refractivity contribution in [2.45, 2.75) is 0 Å². The van der Waals surface area contributed by atoms with Crippen molar-refractivity contribution >= 4 is 10.8 Å². The monoisotopic (exact) mass is 1010 g/mol. The quantitative estimate of drug-likeness (QED) is 0.142. The molecule has 3 heteroatoms. The molecule has 311 valence electrons. The van der Waals surface area contributed by atoms with Gasteiger partial charge in [-0.25, -0.2) is 0 Å². The average Bonchev–Trinajstić information content (AvgIpc) is 3.40. The van der Waals surface area contributed by atoms with E-state index in [9.17, 15) is 0 Å². The minimum absolute atomic E-state index is 0. The molecular formula is C62H42IrN2-2. The van der Waals surface area contributed by atoms with Gasteiger partial charge < -0.3 is 9.97 Å². The zero-order valence-corrected chi connectivity index (χ0v) is 37.9. The minimum atomic E-state index is 0. The fraction of sp³-hybridized carbons (Fsp3) is 0. The second-order valence-electron chi connectivity index (χ2n) is 15.6. The predicted molar refractivity (Wildman–Crippen MR) is 267 cm³/mol. The maximum atomic E-state index is 4.77. The Morgan fingerprint density at radius 2 is 0.738 bits per heavy atom. The van der Waals surface area contributed by atoms with Crippen molar-refractivity contribution in [3.8, 4) is 89.3 Å². The summed E-state index contributed by atoms with van der Waals surface area (Å²) < 4.78 is 0. The molecular weight excluding hydrogens is 965 g/mol. The Hall–Kier alpha value is -7.81. The van der Waals surface area contributed by atoms with Crippen molar-refractivity contribution < 1.29 is 20.1 Å². The van der Waals surface area contributed by atoms with E-state index in [1.807, 2.05) is 54.7 Å².